The molecule has 7 heteroatoms. The third kappa shape index (κ3) is 3.03. The van der Waals surface area contributed by atoms with Gasteiger partial charge in [-0.15, -0.1) is 0 Å². The van der Waals surface area contributed by atoms with E-state index in [0.29, 0.717) is 41.3 Å². The van der Waals surface area contributed by atoms with E-state index in [1.54, 1.807) is 42.5 Å². The molecular weight excluding hydrogens is 322 g/mol. The van der Waals surface area contributed by atoms with Crippen LogP contribution in [0.3, 0.4) is 0 Å². The van der Waals surface area contributed by atoms with E-state index in [1.165, 1.54) is 10.9 Å². The Labute approximate surface area is 142 Å². The van der Waals surface area contributed by atoms with Gasteiger partial charge in [-0.25, -0.2) is 0 Å². The highest BCUT2D eigenvalue weighted by molar-refractivity contribution is 5.92. The Balaban J connectivity index is 1.55. The van der Waals surface area contributed by atoms with Gasteiger partial charge in [-0.2, -0.15) is 5.10 Å². The number of benzene rings is 2. The van der Waals surface area contributed by atoms with E-state index in [4.69, 9.17) is 9.47 Å². The summed E-state index contributed by atoms with van der Waals surface area (Å²) in [7, 11) is 0. The van der Waals surface area contributed by atoms with E-state index < -0.39 is 0 Å². The smallest absolute Gasteiger partial charge is 0.246 e. The largest absolute Gasteiger partial charge is 0.486 e. The number of ether oxygens (including phenoxy) is 2. The Kier molecular flexibility index (Phi) is 3.81. The summed E-state index contributed by atoms with van der Waals surface area (Å²) in [5, 5.41) is 7.40. The SMILES string of the molecule is O=C(Cn1ncc(=O)c2ccccc21)Nc1ccc2c(c1)OCCO2. The quantitative estimate of drug-likeness (QED) is 0.788. The molecule has 3 aromatic rings. The van der Waals surface area contributed by atoms with Crippen LogP contribution >= 0.6 is 0 Å². The molecule has 7 nitrogen and oxygen atoms in total. The topological polar surface area (TPSA) is 82.5 Å². The number of aromatic nitrogens is 2. The zero-order valence-corrected chi connectivity index (χ0v) is 13.3. The normalized spacial score (nSPS) is 12.8. The Bertz CT molecular complexity index is 1010. The standard InChI is InChI=1S/C18H15N3O4/c22-15-10-19-21(14-4-2-1-3-13(14)15)11-18(23)20-12-5-6-16-17(9-12)25-8-7-24-16/h1-6,9-10H,7-8,11H2,(H,20,23). The lowest BCUT2D eigenvalue weighted by molar-refractivity contribution is -0.116. The minimum Gasteiger partial charge on any atom is -0.486 e. The van der Waals surface area contributed by atoms with Gasteiger partial charge in [0.1, 0.15) is 19.8 Å². The molecule has 1 aliphatic rings. The van der Waals surface area contributed by atoms with Crippen LogP contribution in [-0.4, -0.2) is 28.9 Å². The second kappa shape index (κ2) is 6.27. The predicted molar refractivity (Wildman–Crippen MR) is 92.1 cm³/mol. The van der Waals surface area contributed by atoms with E-state index in [1.807, 2.05) is 0 Å². The summed E-state index contributed by atoms with van der Waals surface area (Å²) in [6.45, 7) is 0.997. The van der Waals surface area contributed by atoms with Gasteiger partial charge < -0.3 is 14.8 Å². The fourth-order valence-corrected chi connectivity index (χ4v) is 2.74. The van der Waals surface area contributed by atoms with Crippen LogP contribution < -0.4 is 20.2 Å². The Hall–Kier alpha value is -3.35. The number of nitrogens with one attached hydrogen (secondary N) is 1. The molecule has 0 radical (unpaired) electrons. The molecule has 0 fully saturated rings. The van der Waals surface area contributed by atoms with Gasteiger partial charge >= 0.3 is 0 Å². The number of carbonyl (C=O) groups is 1. The molecule has 1 N–H and O–H groups in total. The molecule has 0 aliphatic carbocycles. The van der Waals surface area contributed by atoms with E-state index in [-0.39, 0.29) is 17.9 Å². The van der Waals surface area contributed by atoms with Gasteiger partial charge in [-0.05, 0) is 24.3 Å². The molecule has 4 rings (SSSR count). The molecule has 0 bridgehead atoms. The number of para-hydroxylation sites is 1. The molecule has 2 heterocycles. The molecule has 0 spiro atoms. The average Bonchev–Trinajstić information content (AvgIpc) is 2.64. The van der Waals surface area contributed by atoms with Crippen LogP contribution in [0.2, 0.25) is 0 Å². The van der Waals surface area contributed by atoms with Crippen molar-refractivity contribution in [3.63, 3.8) is 0 Å². The van der Waals surface area contributed by atoms with Crippen molar-refractivity contribution in [2.75, 3.05) is 18.5 Å². The summed E-state index contributed by atoms with van der Waals surface area (Å²) in [6.07, 6.45) is 1.22. The number of anilines is 1. The lowest BCUT2D eigenvalue weighted by Crippen LogP contribution is -2.22. The van der Waals surface area contributed by atoms with Gasteiger partial charge in [0, 0.05) is 17.1 Å². The minimum atomic E-state index is -0.252. The fourth-order valence-electron chi connectivity index (χ4n) is 2.74. The highest BCUT2D eigenvalue weighted by Gasteiger charge is 2.13. The van der Waals surface area contributed by atoms with Crippen LogP contribution in [0.4, 0.5) is 5.69 Å². The van der Waals surface area contributed by atoms with Crippen molar-refractivity contribution in [2.24, 2.45) is 0 Å². The molecule has 126 valence electrons. The molecular formula is C18H15N3O4. The van der Waals surface area contributed by atoms with Crippen LogP contribution in [0, 0.1) is 0 Å². The molecule has 0 atom stereocenters. The molecule has 1 amide bonds. The van der Waals surface area contributed by atoms with Crippen LogP contribution in [0.5, 0.6) is 11.5 Å². The summed E-state index contributed by atoms with van der Waals surface area (Å²) in [6, 6.07) is 12.3. The molecule has 2 aromatic carbocycles. The molecule has 0 unspecified atom stereocenters. The van der Waals surface area contributed by atoms with Gasteiger partial charge in [0.15, 0.2) is 11.5 Å². The van der Waals surface area contributed by atoms with E-state index in [0.717, 1.165) is 0 Å². The third-order valence-corrected chi connectivity index (χ3v) is 3.88. The van der Waals surface area contributed by atoms with E-state index >= 15 is 0 Å². The number of rotatable bonds is 3. The van der Waals surface area contributed by atoms with Crippen LogP contribution in [-0.2, 0) is 11.3 Å². The monoisotopic (exact) mass is 337 g/mol. The fraction of sp³-hybridized carbons (Fsp3) is 0.167. The second-order valence-corrected chi connectivity index (χ2v) is 5.59. The Morgan fingerprint density at radius 3 is 2.80 bits per heavy atom. The van der Waals surface area contributed by atoms with Gasteiger partial charge in [0.2, 0.25) is 11.3 Å². The lowest BCUT2D eigenvalue weighted by atomic mass is 10.2. The maximum atomic E-state index is 12.4. The van der Waals surface area contributed by atoms with Crippen LogP contribution in [0.15, 0.2) is 53.5 Å². The first-order valence-corrected chi connectivity index (χ1v) is 7.85. The molecule has 25 heavy (non-hydrogen) atoms. The number of fused-ring (bicyclic) bond motifs is 2. The zero-order valence-electron chi connectivity index (χ0n) is 13.3. The lowest BCUT2D eigenvalue weighted by Gasteiger charge is -2.19. The summed E-state index contributed by atoms with van der Waals surface area (Å²) in [4.78, 5) is 24.2. The number of nitrogens with zero attached hydrogens (tertiary/aromatic N) is 2. The Morgan fingerprint density at radius 2 is 1.92 bits per heavy atom. The first-order valence-electron chi connectivity index (χ1n) is 7.85. The van der Waals surface area contributed by atoms with Crippen molar-refractivity contribution >= 4 is 22.5 Å². The maximum Gasteiger partial charge on any atom is 0.246 e. The van der Waals surface area contributed by atoms with Crippen molar-refractivity contribution in [1.82, 2.24) is 9.78 Å². The summed E-state index contributed by atoms with van der Waals surface area (Å²) >= 11 is 0. The van der Waals surface area contributed by atoms with Crippen molar-refractivity contribution < 1.29 is 14.3 Å². The highest BCUT2D eigenvalue weighted by Crippen LogP contribution is 2.32. The third-order valence-electron chi connectivity index (χ3n) is 3.88. The number of hydrogen-bond acceptors (Lipinski definition) is 5. The van der Waals surface area contributed by atoms with Gasteiger partial charge in [0.05, 0.1) is 11.7 Å². The second-order valence-electron chi connectivity index (χ2n) is 5.59. The van der Waals surface area contributed by atoms with Crippen molar-refractivity contribution in [2.45, 2.75) is 6.54 Å². The van der Waals surface area contributed by atoms with Gasteiger partial charge in [-0.1, -0.05) is 12.1 Å². The summed E-state index contributed by atoms with van der Waals surface area (Å²) in [5.41, 5.74) is 1.06. The van der Waals surface area contributed by atoms with E-state index in [9.17, 15) is 9.59 Å². The minimum absolute atomic E-state index is 0.00473. The van der Waals surface area contributed by atoms with Crippen molar-refractivity contribution in [3.8, 4) is 11.5 Å². The molecule has 0 saturated carbocycles. The summed E-state index contributed by atoms with van der Waals surface area (Å²) in [5.74, 6) is 1.02. The van der Waals surface area contributed by atoms with Crippen molar-refractivity contribution in [1.29, 1.82) is 0 Å². The number of amides is 1. The van der Waals surface area contributed by atoms with E-state index in [2.05, 4.69) is 10.4 Å². The zero-order chi connectivity index (χ0) is 17.2. The predicted octanol–water partition coefficient (Wildman–Crippen LogP) is 1.81. The Morgan fingerprint density at radius 1 is 1.12 bits per heavy atom. The molecule has 0 saturated heterocycles. The first kappa shape index (κ1) is 15.2. The first-order chi connectivity index (χ1) is 12.2. The van der Waals surface area contributed by atoms with Crippen LogP contribution in [0.25, 0.3) is 10.9 Å². The average molecular weight is 337 g/mol. The maximum absolute atomic E-state index is 12.4. The van der Waals surface area contributed by atoms with Gasteiger partial charge in [0.25, 0.3) is 0 Å². The van der Waals surface area contributed by atoms with Crippen LogP contribution in [0.1, 0.15) is 0 Å². The summed E-state index contributed by atoms with van der Waals surface area (Å²) < 4.78 is 12.5. The number of hydrogen-bond donors (Lipinski definition) is 1. The molecule has 1 aliphatic heterocycles. The van der Waals surface area contributed by atoms with Crippen molar-refractivity contribution in [3.05, 3.63) is 58.9 Å². The molecule has 1 aromatic heterocycles. The highest BCUT2D eigenvalue weighted by atomic mass is 16.6. The van der Waals surface area contributed by atoms with Gasteiger partial charge in [-0.3, -0.25) is 14.3 Å². The number of carbonyl (C=O) groups excluding carboxylic acids is 1.